The summed E-state index contributed by atoms with van der Waals surface area (Å²) in [5.74, 6) is 1.65. The number of allylic oxidation sites excluding steroid dienone is 1. The van der Waals surface area contributed by atoms with Crippen molar-refractivity contribution in [3.63, 3.8) is 0 Å². The molecule has 6 rings (SSSR count). The highest BCUT2D eigenvalue weighted by Crippen LogP contribution is 2.46. The quantitative estimate of drug-likeness (QED) is 0.287. The molecule has 0 spiro atoms. The van der Waals surface area contributed by atoms with Gasteiger partial charge in [0.25, 0.3) is 0 Å². The van der Waals surface area contributed by atoms with Crippen molar-refractivity contribution in [1.82, 2.24) is 14.8 Å². The number of nitriles is 1. The molecule has 36 heavy (non-hydrogen) atoms. The first kappa shape index (κ1) is 22.4. The smallest absolute Gasteiger partial charge is 0.177 e. The molecule has 0 aliphatic carbocycles. The number of thioether (sulfide) groups is 1. The maximum Gasteiger partial charge on any atom is 0.177 e. The summed E-state index contributed by atoms with van der Waals surface area (Å²) >= 11 is 1.58. The van der Waals surface area contributed by atoms with Crippen LogP contribution in [0.3, 0.4) is 0 Å². The molecule has 0 amide bonds. The van der Waals surface area contributed by atoms with Crippen molar-refractivity contribution < 1.29 is 0 Å². The highest BCUT2D eigenvalue weighted by Gasteiger charge is 2.30. The number of benzene rings is 3. The molecular formula is C30H25N5S. The molecule has 176 valence electrons. The maximum absolute atomic E-state index is 10.4. The Kier molecular flexibility index (Phi) is 6.15. The van der Waals surface area contributed by atoms with Crippen molar-refractivity contribution >= 4 is 28.7 Å². The number of hydrogen-bond acceptors (Lipinski definition) is 5. The van der Waals surface area contributed by atoms with Crippen LogP contribution in [0.4, 0.5) is 5.69 Å². The number of nitrogens with zero attached hydrogens (tertiary/aromatic N) is 5. The second-order valence-corrected chi connectivity index (χ2v) is 9.79. The Bertz CT molecular complexity index is 1480. The van der Waals surface area contributed by atoms with E-state index in [0.717, 1.165) is 53.6 Å². The summed E-state index contributed by atoms with van der Waals surface area (Å²) in [7, 11) is 0. The second kappa shape index (κ2) is 9.88. The monoisotopic (exact) mass is 487 g/mol. The molecule has 2 aliphatic heterocycles. The van der Waals surface area contributed by atoms with Crippen molar-refractivity contribution in [3.05, 3.63) is 113 Å². The lowest BCUT2D eigenvalue weighted by molar-refractivity contribution is 0.627. The Labute approximate surface area is 215 Å². The summed E-state index contributed by atoms with van der Waals surface area (Å²) in [6, 6.07) is 31.7. The predicted molar refractivity (Wildman–Crippen MR) is 146 cm³/mol. The molecule has 0 radical (unpaired) electrons. The first-order valence-electron chi connectivity index (χ1n) is 12.3. The Morgan fingerprint density at radius 1 is 0.778 bits per heavy atom. The van der Waals surface area contributed by atoms with Crippen LogP contribution in [0.1, 0.15) is 36.5 Å². The highest BCUT2D eigenvalue weighted by molar-refractivity contribution is 8.06. The summed E-state index contributed by atoms with van der Waals surface area (Å²) in [4.78, 5) is 2.18. The first-order chi connectivity index (χ1) is 17.8. The van der Waals surface area contributed by atoms with Gasteiger partial charge in [-0.25, -0.2) is 0 Å². The first-order valence-corrected chi connectivity index (χ1v) is 13.2. The van der Waals surface area contributed by atoms with Crippen molar-refractivity contribution in [2.24, 2.45) is 0 Å². The van der Waals surface area contributed by atoms with E-state index in [1.54, 1.807) is 11.8 Å². The number of rotatable bonds is 4. The third-order valence-corrected chi connectivity index (χ3v) is 7.64. The van der Waals surface area contributed by atoms with Gasteiger partial charge in [0.15, 0.2) is 5.82 Å². The Morgan fingerprint density at radius 3 is 2.22 bits per heavy atom. The van der Waals surface area contributed by atoms with Gasteiger partial charge in [-0.2, -0.15) is 5.26 Å². The van der Waals surface area contributed by atoms with Gasteiger partial charge in [-0.05, 0) is 41.7 Å². The fourth-order valence-corrected chi connectivity index (χ4v) is 5.88. The van der Waals surface area contributed by atoms with Crippen LogP contribution in [0.25, 0.3) is 22.4 Å². The lowest BCUT2D eigenvalue weighted by atomic mass is 10.0. The number of para-hydroxylation sites is 1. The average molecular weight is 488 g/mol. The highest BCUT2D eigenvalue weighted by atomic mass is 32.2. The van der Waals surface area contributed by atoms with Gasteiger partial charge in [0.05, 0.1) is 5.70 Å². The van der Waals surface area contributed by atoms with Gasteiger partial charge in [-0.15, -0.1) is 10.2 Å². The van der Waals surface area contributed by atoms with Crippen molar-refractivity contribution in [2.45, 2.75) is 32.2 Å². The van der Waals surface area contributed by atoms with E-state index in [2.05, 4.69) is 91.8 Å². The summed E-state index contributed by atoms with van der Waals surface area (Å²) in [6.07, 6.45) is 4.29. The SMILES string of the molecule is N#C/C(=C1/SC=C(c2ccc(-c3ccccc3)cc2)N1c1ccccc1)c1nnc2n1CCCCC2. The van der Waals surface area contributed by atoms with Gasteiger partial charge >= 0.3 is 0 Å². The van der Waals surface area contributed by atoms with E-state index < -0.39 is 0 Å². The molecule has 0 saturated heterocycles. The van der Waals surface area contributed by atoms with Crippen LogP contribution in [-0.2, 0) is 13.0 Å². The van der Waals surface area contributed by atoms with Crippen LogP contribution in [0.5, 0.6) is 0 Å². The van der Waals surface area contributed by atoms with Crippen LogP contribution in [0, 0.1) is 11.3 Å². The number of fused-ring (bicyclic) bond motifs is 1. The average Bonchev–Trinajstić information content (AvgIpc) is 3.48. The van der Waals surface area contributed by atoms with E-state index in [9.17, 15) is 5.26 Å². The lowest BCUT2D eigenvalue weighted by Crippen LogP contribution is -2.18. The summed E-state index contributed by atoms with van der Waals surface area (Å²) < 4.78 is 2.15. The van der Waals surface area contributed by atoms with E-state index in [1.165, 1.54) is 17.5 Å². The topological polar surface area (TPSA) is 57.7 Å². The van der Waals surface area contributed by atoms with Gasteiger partial charge in [0, 0.05) is 24.1 Å². The third kappa shape index (κ3) is 4.12. The molecule has 1 aromatic heterocycles. The van der Waals surface area contributed by atoms with E-state index in [1.807, 2.05) is 24.3 Å². The van der Waals surface area contributed by atoms with Crippen molar-refractivity contribution in [2.75, 3.05) is 4.90 Å². The number of anilines is 1. The van der Waals surface area contributed by atoms with Gasteiger partial charge in [0.1, 0.15) is 22.5 Å². The fraction of sp³-hybridized carbons (Fsp3) is 0.167. The third-order valence-electron chi connectivity index (χ3n) is 6.69. The summed E-state index contributed by atoms with van der Waals surface area (Å²) in [6.45, 7) is 0.855. The molecule has 0 bridgehead atoms. The summed E-state index contributed by atoms with van der Waals surface area (Å²) in [5.41, 5.74) is 6.09. The molecule has 6 heteroatoms. The molecule has 0 fully saturated rings. The van der Waals surface area contributed by atoms with E-state index in [0.29, 0.717) is 11.4 Å². The van der Waals surface area contributed by atoms with Gasteiger partial charge in [0.2, 0.25) is 0 Å². The largest absolute Gasteiger partial charge is 0.310 e. The molecule has 3 heterocycles. The predicted octanol–water partition coefficient (Wildman–Crippen LogP) is 7.12. The summed E-state index contributed by atoms with van der Waals surface area (Å²) in [5, 5.41) is 22.3. The zero-order valence-corrected chi connectivity index (χ0v) is 20.7. The molecular weight excluding hydrogens is 462 g/mol. The second-order valence-electron chi connectivity index (χ2n) is 8.93. The zero-order valence-electron chi connectivity index (χ0n) is 19.8. The number of aromatic nitrogens is 3. The van der Waals surface area contributed by atoms with E-state index in [-0.39, 0.29) is 0 Å². The van der Waals surface area contributed by atoms with Crippen LogP contribution < -0.4 is 4.90 Å². The molecule has 3 aromatic carbocycles. The normalized spacial score (nSPS) is 16.6. The van der Waals surface area contributed by atoms with Crippen molar-refractivity contribution in [3.8, 4) is 17.2 Å². The van der Waals surface area contributed by atoms with Crippen LogP contribution >= 0.6 is 11.8 Å². The van der Waals surface area contributed by atoms with Crippen LogP contribution in [0.2, 0.25) is 0 Å². The molecule has 0 unspecified atom stereocenters. The van der Waals surface area contributed by atoms with E-state index in [4.69, 9.17) is 0 Å². The maximum atomic E-state index is 10.4. The van der Waals surface area contributed by atoms with Crippen molar-refractivity contribution in [1.29, 1.82) is 5.26 Å². The van der Waals surface area contributed by atoms with Gasteiger partial charge < -0.3 is 9.47 Å². The number of hydrogen-bond donors (Lipinski definition) is 0. The standard InChI is InChI=1S/C30H25N5S/c31-20-26(29-33-32-28-14-8-3-9-19-34(28)29)30-35(25-12-6-2-7-13-25)27(21-36-30)24-17-15-23(16-18-24)22-10-4-1-5-11-22/h1-2,4-7,10-13,15-18,21H,3,8-9,14,19H2/b30-26-. The zero-order chi connectivity index (χ0) is 24.3. The Morgan fingerprint density at radius 2 is 1.47 bits per heavy atom. The van der Waals surface area contributed by atoms with Crippen LogP contribution in [0.15, 0.2) is 95.4 Å². The molecule has 0 N–H and O–H groups in total. The minimum atomic E-state index is 0.566. The fourth-order valence-electron chi connectivity index (χ4n) is 4.86. The number of aryl methyl sites for hydroxylation is 1. The minimum absolute atomic E-state index is 0.566. The minimum Gasteiger partial charge on any atom is -0.310 e. The molecule has 0 atom stereocenters. The Balaban J connectivity index is 1.43. The molecule has 5 nitrogen and oxygen atoms in total. The molecule has 0 saturated carbocycles. The molecule has 4 aromatic rings. The van der Waals surface area contributed by atoms with E-state index >= 15 is 0 Å². The molecule has 2 aliphatic rings. The van der Waals surface area contributed by atoms with Crippen LogP contribution in [-0.4, -0.2) is 14.8 Å². The van der Waals surface area contributed by atoms with Gasteiger partial charge in [-0.1, -0.05) is 91.0 Å². The Hall–Kier alpha value is -4.08. The van der Waals surface area contributed by atoms with Gasteiger partial charge in [-0.3, -0.25) is 0 Å². The lowest BCUT2D eigenvalue weighted by Gasteiger charge is -2.25.